The van der Waals surface area contributed by atoms with Crippen molar-refractivity contribution in [2.24, 2.45) is 10.9 Å². The SMILES string of the molecule is CC(F)(F)F.NCCc1c[nH]c2ccc(OCC(=O)N3CCN(c4ccc(S(N)(=O)=O)cc4)CC3)cc12. The number of piperazine rings is 1. The third-order valence-electron chi connectivity index (χ3n) is 5.68. The van der Waals surface area contributed by atoms with Gasteiger partial charge in [-0.25, -0.2) is 13.6 Å². The number of hydrogen-bond acceptors (Lipinski definition) is 6. The molecule has 0 radical (unpaired) electrons. The number of benzene rings is 2. The number of amides is 1. The van der Waals surface area contributed by atoms with Crippen LogP contribution in [0.25, 0.3) is 10.9 Å². The highest BCUT2D eigenvalue weighted by Gasteiger charge is 2.22. The highest BCUT2D eigenvalue weighted by Crippen LogP contribution is 2.24. The first-order valence-electron chi connectivity index (χ1n) is 11.5. The molecule has 0 saturated carbocycles. The Kier molecular flexibility index (Phi) is 9.05. The maximum absolute atomic E-state index is 12.6. The van der Waals surface area contributed by atoms with Crippen molar-refractivity contribution in [3.63, 3.8) is 0 Å². The van der Waals surface area contributed by atoms with Crippen molar-refractivity contribution in [3.05, 3.63) is 54.2 Å². The third-order valence-corrected chi connectivity index (χ3v) is 6.61. The summed E-state index contributed by atoms with van der Waals surface area (Å²) in [7, 11) is -3.71. The highest BCUT2D eigenvalue weighted by atomic mass is 32.2. The minimum absolute atomic E-state index is 0.0226. The van der Waals surface area contributed by atoms with Crippen LogP contribution < -0.4 is 20.5 Å². The number of H-pyrrole nitrogens is 1. The second-order valence-electron chi connectivity index (χ2n) is 8.54. The fourth-order valence-electron chi connectivity index (χ4n) is 3.91. The van der Waals surface area contributed by atoms with Crippen LogP contribution in [0.1, 0.15) is 12.5 Å². The molecule has 3 aromatic rings. The van der Waals surface area contributed by atoms with E-state index in [1.807, 2.05) is 24.4 Å². The van der Waals surface area contributed by atoms with Gasteiger partial charge in [0.1, 0.15) is 5.75 Å². The van der Waals surface area contributed by atoms with Gasteiger partial charge in [0.2, 0.25) is 10.0 Å². The highest BCUT2D eigenvalue weighted by molar-refractivity contribution is 7.89. The number of aromatic nitrogens is 1. The predicted molar refractivity (Wildman–Crippen MR) is 135 cm³/mol. The standard InChI is InChI=1S/C22H27N5O4S.C2H3F3/c23-8-7-16-14-25-21-6-3-18(13-20(16)21)31-15-22(28)27-11-9-26(10-12-27)17-1-4-19(5-2-17)32(24,29)30;1-2(3,4)5/h1-6,13-14,25H,7-12,15,23H2,(H2,24,29,30);1H3. The minimum atomic E-state index is -4.00. The number of rotatable bonds is 7. The van der Waals surface area contributed by atoms with Gasteiger partial charge < -0.3 is 25.3 Å². The molecule has 0 spiro atoms. The van der Waals surface area contributed by atoms with Crippen molar-refractivity contribution in [2.45, 2.75) is 24.4 Å². The average Bonchev–Trinajstić information content (AvgIpc) is 3.23. The summed E-state index contributed by atoms with van der Waals surface area (Å²) in [5.41, 5.74) is 8.72. The van der Waals surface area contributed by atoms with E-state index in [1.165, 1.54) is 12.1 Å². The molecule has 0 atom stereocenters. The Morgan fingerprint density at radius 3 is 2.27 bits per heavy atom. The summed E-state index contributed by atoms with van der Waals surface area (Å²) in [5, 5.41) is 6.20. The van der Waals surface area contributed by atoms with Crippen molar-refractivity contribution in [2.75, 3.05) is 44.2 Å². The number of fused-ring (bicyclic) bond motifs is 1. The molecule has 202 valence electrons. The van der Waals surface area contributed by atoms with E-state index in [0.717, 1.165) is 28.6 Å². The van der Waals surface area contributed by atoms with E-state index >= 15 is 0 Å². The Balaban J connectivity index is 0.000000695. The normalized spacial score (nSPS) is 14.3. The van der Waals surface area contributed by atoms with Crippen LogP contribution in [0.5, 0.6) is 5.75 Å². The Hall–Kier alpha value is -3.29. The van der Waals surface area contributed by atoms with Gasteiger partial charge in [-0.05, 0) is 61.0 Å². The fraction of sp³-hybridized carbons (Fsp3) is 0.375. The summed E-state index contributed by atoms with van der Waals surface area (Å²) in [6.07, 6.45) is -1.27. The number of carbonyl (C=O) groups is 1. The molecular formula is C24H30F3N5O4S. The molecule has 1 amide bonds. The Morgan fingerprint density at radius 1 is 1.08 bits per heavy atom. The van der Waals surface area contributed by atoms with Crippen molar-refractivity contribution >= 4 is 32.5 Å². The molecular weight excluding hydrogens is 511 g/mol. The fourth-order valence-corrected chi connectivity index (χ4v) is 4.42. The number of alkyl halides is 3. The monoisotopic (exact) mass is 541 g/mol. The van der Waals surface area contributed by atoms with Crippen LogP contribution in [0.15, 0.2) is 53.6 Å². The number of aromatic amines is 1. The summed E-state index contributed by atoms with van der Waals surface area (Å²) in [6.45, 7) is 3.17. The molecule has 1 aliphatic heterocycles. The Morgan fingerprint density at radius 2 is 1.70 bits per heavy atom. The maximum atomic E-state index is 12.6. The molecule has 1 aliphatic rings. The van der Waals surface area contributed by atoms with E-state index < -0.39 is 16.2 Å². The van der Waals surface area contributed by atoms with Gasteiger partial charge in [-0.3, -0.25) is 4.79 Å². The van der Waals surface area contributed by atoms with Gasteiger partial charge >= 0.3 is 6.18 Å². The molecule has 2 heterocycles. The molecule has 0 unspecified atom stereocenters. The van der Waals surface area contributed by atoms with Crippen LogP contribution in [0.3, 0.4) is 0 Å². The van der Waals surface area contributed by atoms with E-state index in [-0.39, 0.29) is 24.3 Å². The van der Waals surface area contributed by atoms with E-state index in [9.17, 15) is 26.4 Å². The lowest BCUT2D eigenvalue weighted by molar-refractivity contribution is -0.133. The molecule has 13 heteroatoms. The number of primary sulfonamides is 1. The molecule has 2 aromatic carbocycles. The molecule has 0 aliphatic carbocycles. The summed E-state index contributed by atoms with van der Waals surface area (Å²) in [4.78, 5) is 19.8. The second-order valence-corrected chi connectivity index (χ2v) is 10.1. The number of nitrogens with two attached hydrogens (primary N) is 2. The predicted octanol–water partition coefficient (Wildman–Crippen LogP) is 2.61. The van der Waals surface area contributed by atoms with Crippen LogP contribution >= 0.6 is 0 Å². The number of halogens is 3. The van der Waals surface area contributed by atoms with Gasteiger partial charge in [0, 0.05) is 55.9 Å². The average molecular weight is 542 g/mol. The number of ether oxygens (including phenoxy) is 1. The lowest BCUT2D eigenvalue weighted by Gasteiger charge is -2.36. The van der Waals surface area contributed by atoms with Crippen molar-refractivity contribution in [1.29, 1.82) is 0 Å². The Labute approximate surface area is 213 Å². The van der Waals surface area contributed by atoms with E-state index in [1.54, 1.807) is 17.0 Å². The molecule has 37 heavy (non-hydrogen) atoms. The van der Waals surface area contributed by atoms with Crippen LogP contribution in [-0.4, -0.2) is 69.7 Å². The minimum Gasteiger partial charge on any atom is -0.484 e. The molecule has 9 nitrogen and oxygen atoms in total. The topological polar surface area (TPSA) is 135 Å². The number of nitrogens with one attached hydrogen (secondary N) is 1. The first-order chi connectivity index (χ1) is 17.3. The molecule has 1 saturated heterocycles. The molecule has 1 fully saturated rings. The van der Waals surface area contributed by atoms with E-state index in [4.69, 9.17) is 15.6 Å². The number of nitrogens with zero attached hydrogens (tertiary/aromatic N) is 2. The van der Waals surface area contributed by atoms with Gasteiger partial charge in [0.05, 0.1) is 4.90 Å². The quantitative estimate of drug-likeness (QED) is 0.421. The summed E-state index contributed by atoms with van der Waals surface area (Å²) < 4.78 is 59.6. The zero-order valence-electron chi connectivity index (χ0n) is 20.3. The summed E-state index contributed by atoms with van der Waals surface area (Å²) >= 11 is 0. The van der Waals surface area contributed by atoms with Crippen molar-refractivity contribution in [1.82, 2.24) is 9.88 Å². The summed E-state index contributed by atoms with van der Waals surface area (Å²) in [5.74, 6) is 0.586. The number of hydrogen-bond donors (Lipinski definition) is 3. The number of anilines is 1. The van der Waals surface area contributed by atoms with Crippen LogP contribution in [0.2, 0.25) is 0 Å². The van der Waals surface area contributed by atoms with E-state index in [0.29, 0.717) is 38.5 Å². The van der Waals surface area contributed by atoms with Crippen molar-refractivity contribution < 1.29 is 31.1 Å². The molecule has 5 N–H and O–H groups in total. The zero-order chi connectivity index (χ0) is 27.2. The van der Waals surface area contributed by atoms with Crippen LogP contribution in [0.4, 0.5) is 18.9 Å². The maximum Gasteiger partial charge on any atom is 0.386 e. The largest absolute Gasteiger partial charge is 0.484 e. The summed E-state index contributed by atoms with van der Waals surface area (Å²) in [6, 6.07) is 12.2. The lowest BCUT2D eigenvalue weighted by Crippen LogP contribution is -2.50. The second kappa shape index (κ2) is 11.8. The van der Waals surface area contributed by atoms with Gasteiger partial charge in [0.15, 0.2) is 6.61 Å². The van der Waals surface area contributed by atoms with Gasteiger partial charge in [0.25, 0.3) is 5.91 Å². The molecule has 1 aromatic heterocycles. The number of carbonyl (C=O) groups excluding carboxylic acids is 1. The van der Waals surface area contributed by atoms with Crippen LogP contribution in [-0.2, 0) is 21.2 Å². The first kappa shape index (κ1) is 28.3. The first-order valence-corrected chi connectivity index (χ1v) is 13.0. The van der Waals surface area contributed by atoms with Crippen LogP contribution in [0, 0.1) is 0 Å². The zero-order valence-corrected chi connectivity index (χ0v) is 21.1. The molecule has 0 bridgehead atoms. The third kappa shape index (κ3) is 8.37. The van der Waals surface area contributed by atoms with Gasteiger partial charge in [-0.15, -0.1) is 0 Å². The van der Waals surface area contributed by atoms with E-state index in [2.05, 4.69) is 9.88 Å². The van der Waals surface area contributed by atoms with Gasteiger partial charge in [-0.1, -0.05) is 0 Å². The lowest BCUT2D eigenvalue weighted by atomic mass is 10.1. The number of sulfonamides is 1. The van der Waals surface area contributed by atoms with Crippen molar-refractivity contribution in [3.8, 4) is 5.75 Å². The smallest absolute Gasteiger partial charge is 0.386 e. The Bertz CT molecular complexity index is 1300. The van der Waals surface area contributed by atoms with Gasteiger partial charge in [-0.2, -0.15) is 13.2 Å². The molecule has 4 rings (SSSR count).